The Labute approximate surface area is 114 Å². The zero-order chi connectivity index (χ0) is 13.9. The minimum Gasteiger partial charge on any atom is -0.304 e. The molecule has 3 heteroatoms. The second-order valence-electron chi connectivity index (χ2n) is 4.59. The van der Waals surface area contributed by atoms with Gasteiger partial charge in [0, 0.05) is 0 Å². The number of carbonyl (C=O) groups is 2. The summed E-state index contributed by atoms with van der Waals surface area (Å²) in [5.74, 6) is 0. The first-order chi connectivity index (χ1) is 9.10. The van der Waals surface area contributed by atoms with Crippen molar-refractivity contribution in [3.05, 3.63) is 60.7 Å². The predicted molar refractivity (Wildman–Crippen MR) is 79.3 cm³/mol. The van der Waals surface area contributed by atoms with Crippen molar-refractivity contribution in [3.63, 3.8) is 0 Å². The maximum absolute atomic E-state index is 12.3. The normalized spacial score (nSPS) is 11.1. The fourth-order valence-corrected chi connectivity index (χ4v) is 6.44. The highest BCUT2D eigenvalue weighted by molar-refractivity contribution is 7.38. The molecule has 0 saturated carbocycles. The summed E-state index contributed by atoms with van der Waals surface area (Å²) in [6, 6.07) is 18.9. The molecule has 0 radical (unpaired) electrons. The highest BCUT2D eigenvalue weighted by Crippen LogP contribution is 2.09. The Bertz CT molecular complexity index is 535. The maximum Gasteiger partial charge on any atom is 0.266 e. The minimum absolute atomic E-state index is 0.0163. The molecule has 0 aliphatic rings. The SMILES string of the molecule is CC(=O)[Si](C(C)=O)(c1ccccc1)c1ccccc1. The molecule has 2 nitrogen and oxygen atoms in total. The van der Waals surface area contributed by atoms with Crippen LogP contribution >= 0.6 is 0 Å². The van der Waals surface area contributed by atoms with Crippen molar-refractivity contribution in [3.8, 4) is 0 Å². The van der Waals surface area contributed by atoms with Crippen molar-refractivity contribution in [1.82, 2.24) is 0 Å². The largest absolute Gasteiger partial charge is 0.304 e. The van der Waals surface area contributed by atoms with Gasteiger partial charge in [-0.15, -0.1) is 0 Å². The Hall–Kier alpha value is -2.00. The van der Waals surface area contributed by atoms with Crippen LogP contribution in [-0.4, -0.2) is 18.9 Å². The van der Waals surface area contributed by atoms with E-state index in [0.29, 0.717) is 0 Å². The Balaban J connectivity index is 2.77. The summed E-state index contributed by atoms with van der Waals surface area (Å²) < 4.78 is 0. The van der Waals surface area contributed by atoms with Crippen molar-refractivity contribution in [2.45, 2.75) is 13.8 Å². The monoisotopic (exact) mass is 268 g/mol. The molecule has 0 aliphatic heterocycles. The molecule has 96 valence electrons. The number of rotatable bonds is 4. The summed E-state index contributed by atoms with van der Waals surface area (Å²) in [5.41, 5.74) is 0. The van der Waals surface area contributed by atoms with E-state index in [1.54, 1.807) is 0 Å². The number of hydrogen-bond donors (Lipinski definition) is 0. The molecule has 0 fully saturated rings. The zero-order valence-corrected chi connectivity index (χ0v) is 12.1. The van der Waals surface area contributed by atoms with E-state index in [0.717, 1.165) is 10.4 Å². The van der Waals surface area contributed by atoms with Gasteiger partial charge < -0.3 is 9.59 Å². The minimum atomic E-state index is -2.98. The number of benzene rings is 2. The molecule has 0 unspecified atom stereocenters. The summed E-state index contributed by atoms with van der Waals surface area (Å²) in [7, 11) is -2.98. The second-order valence-corrected chi connectivity index (χ2v) is 8.66. The molecule has 0 saturated heterocycles. The van der Waals surface area contributed by atoms with Crippen LogP contribution in [0.4, 0.5) is 0 Å². The second kappa shape index (κ2) is 5.32. The summed E-state index contributed by atoms with van der Waals surface area (Å²) in [4.78, 5) is 24.7. The third-order valence-corrected chi connectivity index (χ3v) is 7.98. The van der Waals surface area contributed by atoms with Crippen molar-refractivity contribution in [2.75, 3.05) is 0 Å². The summed E-state index contributed by atoms with van der Waals surface area (Å²) >= 11 is 0. The molecule has 0 aromatic heterocycles. The van der Waals surface area contributed by atoms with E-state index >= 15 is 0 Å². The van der Waals surface area contributed by atoms with Gasteiger partial charge in [0.2, 0.25) is 0 Å². The van der Waals surface area contributed by atoms with Gasteiger partial charge in [0.15, 0.2) is 0 Å². The molecule has 2 rings (SSSR count). The third kappa shape index (κ3) is 2.17. The van der Waals surface area contributed by atoms with Gasteiger partial charge in [-0.05, 0) is 24.2 Å². The first kappa shape index (κ1) is 13.4. The molecule has 0 spiro atoms. The first-order valence-electron chi connectivity index (χ1n) is 6.23. The van der Waals surface area contributed by atoms with E-state index in [1.165, 1.54) is 13.8 Å². The average Bonchev–Trinajstić information content (AvgIpc) is 2.41. The van der Waals surface area contributed by atoms with Crippen LogP contribution in [0.25, 0.3) is 0 Å². The van der Waals surface area contributed by atoms with E-state index in [1.807, 2.05) is 60.7 Å². The maximum atomic E-state index is 12.3. The van der Waals surface area contributed by atoms with Gasteiger partial charge in [-0.3, -0.25) is 0 Å². The average molecular weight is 268 g/mol. The van der Waals surface area contributed by atoms with Crippen LogP contribution < -0.4 is 10.4 Å². The Morgan fingerprint density at radius 2 is 1.00 bits per heavy atom. The van der Waals surface area contributed by atoms with Crippen molar-refractivity contribution < 1.29 is 9.59 Å². The molecule has 0 amide bonds. The van der Waals surface area contributed by atoms with Crippen LogP contribution in [0.3, 0.4) is 0 Å². The van der Waals surface area contributed by atoms with Crippen molar-refractivity contribution in [1.29, 1.82) is 0 Å². The smallest absolute Gasteiger partial charge is 0.266 e. The van der Waals surface area contributed by atoms with Crippen molar-refractivity contribution in [2.24, 2.45) is 0 Å². The van der Waals surface area contributed by atoms with Gasteiger partial charge in [0.05, 0.1) is 0 Å². The topological polar surface area (TPSA) is 34.1 Å². The van der Waals surface area contributed by atoms with E-state index in [-0.39, 0.29) is 10.8 Å². The van der Waals surface area contributed by atoms with Gasteiger partial charge in [0.1, 0.15) is 10.8 Å². The highest BCUT2D eigenvalue weighted by atomic mass is 28.3. The van der Waals surface area contributed by atoms with E-state index < -0.39 is 8.07 Å². The van der Waals surface area contributed by atoms with Gasteiger partial charge in [-0.25, -0.2) is 0 Å². The molecule has 0 N–H and O–H groups in total. The van der Waals surface area contributed by atoms with Gasteiger partial charge in [-0.2, -0.15) is 0 Å². The Kier molecular flexibility index (Phi) is 3.76. The lowest BCUT2D eigenvalue weighted by molar-refractivity contribution is -0.114. The van der Waals surface area contributed by atoms with Crippen LogP contribution in [0.15, 0.2) is 60.7 Å². The molecular weight excluding hydrogens is 252 g/mol. The fourth-order valence-electron chi connectivity index (χ4n) is 2.60. The van der Waals surface area contributed by atoms with Gasteiger partial charge in [-0.1, -0.05) is 60.7 Å². The fraction of sp³-hybridized carbons (Fsp3) is 0.125. The third-order valence-electron chi connectivity index (χ3n) is 3.47. The molecule has 19 heavy (non-hydrogen) atoms. The van der Waals surface area contributed by atoms with Crippen LogP contribution in [0.1, 0.15) is 13.8 Å². The number of hydrogen-bond acceptors (Lipinski definition) is 2. The molecule has 2 aromatic carbocycles. The van der Waals surface area contributed by atoms with E-state index in [2.05, 4.69) is 0 Å². The molecule has 2 aromatic rings. The van der Waals surface area contributed by atoms with E-state index in [9.17, 15) is 9.59 Å². The summed E-state index contributed by atoms with van der Waals surface area (Å²) in [6.45, 7) is 3.07. The van der Waals surface area contributed by atoms with Crippen molar-refractivity contribution >= 4 is 29.3 Å². The van der Waals surface area contributed by atoms with Gasteiger partial charge >= 0.3 is 0 Å². The summed E-state index contributed by atoms with van der Waals surface area (Å²) in [5, 5.41) is 1.69. The van der Waals surface area contributed by atoms with Crippen LogP contribution in [0.5, 0.6) is 0 Å². The summed E-state index contributed by atoms with van der Waals surface area (Å²) in [6.07, 6.45) is 0. The molecule has 0 heterocycles. The quantitative estimate of drug-likeness (QED) is 0.788. The van der Waals surface area contributed by atoms with Crippen LogP contribution in [-0.2, 0) is 9.59 Å². The Morgan fingerprint density at radius 3 is 1.26 bits per heavy atom. The molecule has 0 bridgehead atoms. The molecule has 0 atom stereocenters. The lowest BCUT2D eigenvalue weighted by Crippen LogP contribution is -2.69. The Morgan fingerprint density at radius 1 is 0.684 bits per heavy atom. The molecule has 0 aliphatic carbocycles. The lowest BCUT2D eigenvalue weighted by atomic mass is 10.4. The molecular formula is C16H16O2Si. The van der Waals surface area contributed by atoms with Crippen LogP contribution in [0.2, 0.25) is 0 Å². The zero-order valence-electron chi connectivity index (χ0n) is 11.1. The van der Waals surface area contributed by atoms with E-state index in [4.69, 9.17) is 0 Å². The predicted octanol–water partition coefficient (Wildman–Crippen LogP) is 1.51. The highest BCUT2D eigenvalue weighted by Gasteiger charge is 2.47. The number of carbonyl (C=O) groups excluding carboxylic acids is 2. The lowest BCUT2D eigenvalue weighted by Gasteiger charge is -2.26. The first-order valence-corrected chi connectivity index (χ1v) is 8.23. The van der Waals surface area contributed by atoms with Crippen LogP contribution in [0, 0.1) is 0 Å². The van der Waals surface area contributed by atoms with Gasteiger partial charge in [0.25, 0.3) is 8.07 Å². The standard InChI is InChI=1S/C16H16O2Si/c1-13(17)19(14(2)18,15-9-5-3-6-10-15)16-11-7-4-8-12-16/h3-12H,1-2H3.